The average molecular weight is 180 g/mol. The third-order valence-corrected chi connectivity index (χ3v) is 1.91. The highest BCUT2D eigenvalue weighted by Crippen LogP contribution is 2.20. The van der Waals surface area contributed by atoms with Gasteiger partial charge >= 0.3 is 0 Å². The zero-order valence-corrected chi connectivity index (χ0v) is 8.57. The molecule has 13 heavy (non-hydrogen) atoms. The summed E-state index contributed by atoms with van der Waals surface area (Å²) in [6, 6.07) is 0. The summed E-state index contributed by atoms with van der Waals surface area (Å²) in [6.07, 6.45) is 2.96. The maximum atomic E-state index is 9.19. The zero-order chi connectivity index (χ0) is 10.1. The van der Waals surface area contributed by atoms with E-state index in [2.05, 4.69) is 30.7 Å². The maximum absolute atomic E-state index is 9.19. The van der Waals surface area contributed by atoms with Crippen molar-refractivity contribution in [3.63, 3.8) is 0 Å². The summed E-state index contributed by atoms with van der Waals surface area (Å²) in [6.45, 7) is 7.97. The van der Waals surface area contributed by atoms with Gasteiger partial charge in [-0.05, 0) is 17.9 Å². The summed E-state index contributed by atoms with van der Waals surface area (Å²) < 4.78 is 0. The lowest BCUT2D eigenvalue weighted by molar-refractivity contribution is 0.188. The van der Waals surface area contributed by atoms with Gasteiger partial charge in [-0.3, -0.25) is 0 Å². The summed E-state index contributed by atoms with van der Waals surface area (Å²) in [5.74, 6) is 0.480. The SMILES string of the molecule is CC(O)c1ncc(C(C)(C)C)cn1. The van der Waals surface area contributed by atoms with E-state index in [0.29, 0.717) is 5.82 Å². The molecule has 0 saturated carbocycles. The molecule has 3 nitrogen and oxygen atoms in total. The largest absolute Gasteiger partial charge is 0.385 e. The van der Waals surface area contributed by atoms with Gasteiger partial charge in [0.05, 0.1) is 0 Å². The molecule has 0 aromatic carbocycles. The molecule has 1 unspecified atom stereocenters. The van der Waals surface area contributed by atoms with Gasteiger partial charge in [-0.1, -0.05) is 20.8 Å². The molecule has 1 aromatic heterocycles. The van der Waals surface area contributed by atoms with Crippen molar-refractivity contribution in [2.75, 3.05) is 0 Å². The van der Waals surface area contributed by atoms with Crippen molar-refractivity contribution in [2.24, 2.45) is 0 Å². The molecule has 0 aliphatic rings. The molecule has 0 bridgehead atoms. The molecule has 0 aliphatic heterocycles. The van der Waals surface area contributed by atoms with E-state index in [1.165, 1.54) is 0 Å². The summed E-state index contributed by atoms with van der Waals surface area (Å²) in [7, 11) is 0. The van der Waals surface area contributed by atoms with Crippen LogP contribution >= 0.6 is 0 Å². The molecule has 1 rings (SSSR count). The van der Waals surface area contributed by atoms with Crippen LogP contribution in [0, 0.1) is 0 Å². The van der Waals surface area contributed by atoms with E-state index in [1.807, 2.05) is 0 Å². The molecule has 0 radical (unpaired) electrons. The maximum Gasteiger partial charge on any atom is 0.156 e. The van der Waals surface area contributed by atoms with Gasteiger partial charge in [0.1, 0.15) is 6.10 Å². The molecular formula is C10H16N2O. The summed E-state index contributed by atoms with van der Waals surface area (Å²) >= 11 is 0. The Bertz CT molecular complexity index is 272. The van der Waals surface area contributed by atoms with Crippen molar-refractivity contribution < 1.29 is 5.11 Å². The van der Waals surface area contributed by atoms with Crippen LogP contribution in [-0.2, 0) is 5.41 Å². The number of nitrogens with zero attached hydrogens (tertiary/aromatic N) is 2. The van der Waals surface area contributed by atoms with E-state index in [0.717, 1.165) is 5.56 Å². The molecule has 1 atom stereocenters. The smallest absolute Gasteiger partial charge is 0.156 e. The van der Waals surface area contributed by atoms with Gasteiger partial charge < -0.3 is 5.11 Å². The lowest BCUT2D eigenvalue weighted by Gasteiger charge is -2.17. The fraction of sp³-hybridized carbons (Fsp3) is 0.600. The number of aliphatic hydroxyl groups excluding tert-OH is 1. The first-order valence-electron chi connectivity index (χ1n) is 4.42. The average Bonchev–Trinajstić information content (AvgIpc) is 2.03. The Kier molecular flexibility index (Phi) is 2.66. The summed E-state index contributed by atoms with van der Waals surface area (Å²) in [5.41, 5.74) is 1.15. The van der Waals surface area contributed by atoms with Crippen LogP contribution in [0.3, 0.4) is 0 Å². The van der Waals surface area contributed by atoms with Crippen molar-refractivity contribution in [3.8, 4) is 0 Å². The normalized spacial score (nSPS) is 14.2. The van der Waals surface area contributed by atoms with Crippen LogP contribution in [0.15, 0.2) is 12.4 Å². The van der Waals surface area contributed by atoms with E-state index >= 15 is 0 Å². The Balaban J connectivity index is 2.94. The van der Waals surface area contributed by atoms with Crippen LogP contribution in [0.2, 0.25) is 0 Å². The molecule has 0 fully saturated rings. The predicted molar refractivity (Wildman–Crippen MR) is 51.4 cm³/mol. The highest BCUT2D eigenvalue weighted by atomic mass is 16.3. The lowest BCUT2D eigenvalue weighted by Crippen LogP contribution is -2.13. The molecule has 1 aromatic rings. The molecule has 1 N–H and O–H groups in total. The van der Waals surface area contributed by atoms with Crippen LogP contribution in [0.25, 0.3) is 0 Å². The van der Waals surface area contributed by atoms with Gasteiger partial charge in [0.2, 0.25) is 0 Å². The predicted octanol–water partition coefficient (Wildman–Crippen LogP) is 1.83. The minimum absolute atomic E-state index is 0.0667. The second kappa shape index (κ2) is 3.42. The molecule has 3 heteroatoms. The van der Waals surface area contributed by atoms with Crippen molar-refractivity contribution in [1.29, 1.82) is 0 Å². The van der Waals surface area contributed by atoms with E-state index in [-0.39, 0.29) is 5.41 Å². The molecular weight excluding hydrogens is 164 g/mol. The van der Waals surface area contributed by atoms with Crippen molar-refractivity contribution in [2.45, 2.75) is 39.2 Å². The van der Waals surface area contributed by atoms with E-state index < -0.39 is 6.10 Å². The quantitative estimate of drug-likeness (QED) is 0.717. The van der Waals surface area contributed by atoms with Crippen molar-refractivity contribution in [1.82, 2.24) is 9.97 Å². The van der Waals surface area contributed by atoms with Crippen LogP contribution in [0.4, 0.5) is 0 Å². The van der Waals surface area contributed by atoms with Gasteiger partial charge in [0.25, 0.3) is 0 Å². The number of rotatable bonds is 1. The highest BCUT2D eigenvalue weighted by molar-refractivity contribution is 5.15. The van der Waals surface area contributed by atoms with Gasteiger partial charge in [-0.2, -0.15) is 0 Å². The van der Waals surface area contributed by atoms with E-state index in [9.17, 15) is 5.11 Å². The first-order chi connectivity index (χ1) is 5.91. The lowest BCUT2D eigenvalue weighted by atomic mass is 9.89. The van der Waals surface area contributed by atoms with Crippen LogP contribution in [0.1, 0.15) is 45.2 Å². The van der Waals surface area contributed by atoms with Crippen LogP contribution in [-0.4, -0.2) is 15.1 Å². The molecule has 72 valence electrons. The Labute approximate surface area is 78.9 Å². The fourth-order valence-electron chi connectivity index (χ4n) is 0.941. The molecule has 1 heterocycles. The Morgan fingerprint density at radius 3 is 2.00 bits per heavy atom. The van der Waals surface area contributed by atoms with Gasteiger partial charge in [0.15, 0.2) is 5.82 Å². The standard InChI is InChI=1S/C10H16N2O/c1-7(13)9-11-5-8(6-12-9)10(2,3)4/h5-7,13H,1-4H3. The van der Waals surface area contributed by atoms with E-state index in [1.54, 1.807) is 19.3 Å². The number of hydrogen-bond donors (Lipinski definition) is 1. The van der Waals surface area contributed by atoms with Gasteiger partial charge in [0, 0.05) is 12.4 Å². The van der Waals surface area contributed by atoms with Gasteiger partial charge in [-0.25, -0.2) is 9.97 Å². The first-order valence-corrected chi connectivity index (χ1v) is 4.42. The second-order valence-electron chi connectivity index (χ2n) is 4.26. The number of aliphatic hydroxyl groups is 1. The fourth-order valence-corrected chi connectivity index (χ4v) is 0.941. The summed E-state index contributed by atoms with van der Waals surface area (Å²) in [4.78, 5) is 8.17. The topological polar surface area (TPSA) is 46.0 Å². The van der Waals surface area contributed by atoms with Gasteiger partial charge in [-0.15, -0.1) is 0 Å². The Morgan fingerprint density at radius 2 is 1.69 bits per heavy atom. The highest BCUT2D eigenvalue weighted by Gasteiger charge is 2.14. The summed E-state index contributed by atoms with van der Waals surface area (Å²) in [5, 5.41) is 9.19. The Hall–Kier alpha value is -0.960. The van der Waals surface area contributed by atoms with Crippen LogP contribution in [0.5, 0.6) is 0 Å². The molecule has 0 saturated heterocycles. The van der Waals surface area contributed by atoms with Crippen molar-refractivity contribution >= 4 is 0 Å². The third-order valence-electron chi connectivity index (χ3n) is 1.91. The minimum atomic E-state index is -0.589. The minimum Gasteiger partial charge on any atom is -0.385 e. The first kappa shape index (κ1) is 10.1. The zero-order valence-electron chi connectivity index (χ0n) is 8.57. The molecule has 0 amide bonds. The Morgan fingerprint density at radius 1 is 1.23 bits per heavy atom. The number of hydrogen-bond acceptors (Lipinski definition) is 3. The number of aromatic nitrogens is 2. The second-order valence-corrected chi connectivity index (χ2v) is 4.26. The molecule has 0 spiro atoms. The molecule has 0 aliphatic carbocycles. The third kappa shape index (κ3) is 2.49. The van der Waals surface area contributed by atoms with E-state index in [4.69, 9.17) is 0 Å². The van der Waals surface area contributed by atoms with Crippen LogP contribution < -0.4 is 0 Å². The van der Waals surface area contributed by atoms with Crippen molar-refractivity contribution in [3.05, 3.63) is 23.8 Å². The monoisotopic (exact) mass is 180 g/mol.